The maximum absolute atomic E-state index is 13.1. The van der Waals surface area contributed by atoms with Gasteiger partial charge in [-0.2, -0.15) is 0 Å². The molecule has 30 heavy (non-hydrogen) atoms. The molecule has 6 heteroatoms. The fourth-order valence-electron chi connectivity index (χ4n) is 3.19. The molecule has 0 saturated carbocycles. The molecule has 6 nitrogen and oxygen atoms in total. The minimum absolute atomic E-state index is 0.0813. The molecule has 3 rings (SSSR count). The largest absolute Gasteiger partial charge is 0.497 e. The lowest BCUT2D eigenvalue weighted by atomic mass is 9.94. The SMILES string of the molecule is CCOC(=O)N1C/C(=C/c2ccc(OC)cc2)C(=O)/C(=C\c2ccc(OC)cc2)C1. The van der Waals surface area contributed by atoms with Crippen LogP contribution in [0.15, 0.2) is 59.7 Å². The zero-order chi connectivity index (χ0) is 21.5. The first-order valence-electron chi connectivity index (χ1n) is 9.69. The van der Waals surface area contributed by atoms with E-state index in [9.17, 15) is 9.59 Å². The van der Waals surface area contributed by atoms with E-state index in [0.29, 0.717) is 11.1 Å². The molecule has 0 aromatic heterocycles. The average molecular weight is 407 g/mol. The molecule has 0 unspecified atom stereocenters. The number of benzene rings is 2. The Morgan fingerprint density at radius 3 is 1.67 bits per heavy atom. The second kappa shape index (κ2) is 9.78. The number of carbonyl (C=O) groups excluding carboxylic acids is 2. The maximum atomic E-state index is 13.1. The number of ether oxygens (including phenoxy) is 3. The fraction of sp³-hybridized carbons (Fsp3) is 0.250. The number of Topliss-reactive ketones (excluding diaryl/α,β-unsaturated/α-hetero) is 1. The standard InChI is InChI=1S/C24H25NO5/c1-4-30-24(27)25-15-19(13-17-5-9-21(28-2)10-6-17)23(26)20(16-25)14-18-7-11-22(29-3)12-8-18/h5-14H,4,15-16H2,1-3H3/b19-13-,20-14-. The first kappa shape index (κ1) is 21.2. The molecule has 2 aromatic carbocycles. The van der Waals surface area contributed by atoms with Crippen molar-refractivity contribution >= 4 is 24.0 Å². The number of hydrogen-bond donors (Lipinski definition) is 0. The van der Waals surface area contributed by atoms with Gasteiger partial charge in [-0.15, -0.1) is 0 Å². The molecular formula is C24H25NO5. The highest BCUT2D eigenvalue weighted by molar-refractivity contribution is 6.15. The van der Waals surface area contributed by atoms with Crippen LogP contribution in [0.25, 0.3) is 12.2 Å². The molecule has 1 saturated heterocycles. The second-order valence-corrected chi connectivity index (χ2v) is 6.77. The van der Waals surface area contributed by atoms with E-state index in [1.807, 2.05) is 48.5 Å². The van der Waals surface area contributed by atoms with Crippen molar-refractivity contribution in [3.63, 3.8) is 0 Å². The van der Waals surface area contributed by atoms with E-state index in [1.54, 1.807) is 33.3 Å². The molecule has 156 valence electrons. The van der Waals surface area contributed by atoms with Crippen LogP contribution in [0.4, 0.5) is 4.79 Å². The molecule has 0 radical (unpaired) electrons. The number of ketones is 1. The van der Waals surface area contributed by atoms with Gasteiger partial charge in [0.15, 0.2) is 5.78 Å². The van der Waals surface area contributed by atoms with Gasteiger partial charge in [-0.3, -0.25) is 9.69 Å². The highest BCUT2D eigenvalue weighted by Crippen LogP contribution is 2.24. The van der Waals surface area contributed by atoms with Gasteiger partial charge >= 0.3 is 6.09 Å². The molecule has 1 aliphatic heterocycles. The van der Waals surface area contributed by atoms with Crippen LogP contribution in [0.2, 0.25) is 0 Å². The highest BCUT2D eigenvalue weighted by Gasteiger charge is 2.29. The monoisotopic (exact) mass is 407 g/mol. The van der Waals surface area contributed by atoms with Crippen molar-refractivity contribution in [3.8, 4) is 11.5 Å². The van der Waals surface area contributed by atoms with E-state index in [0.717, 1.165) is 22.6 Å². The zero-order valence-corrected chi connectivity index (χ0v) is 17.4. The Labute approximate surface area is 176 Å². The Morgan fingerprint density at radius 2 is 1.30 bits per heavy atom. The number of carbonyl (C=O) groups is 2. The molecule has 1 aliphatic rings. The molecule has 0 spiro atoms. The van der Waals surface area contributed by atoms with Gasteiger partial charge in [0.2, 0.25) is 0 Å². The maximum Gasteiger partial charge on any atom is 0.410 e. The van der Waals surface area contributed by atoms with E-state index in [4.69, 9.17) is 14.2 Å². The lowest BCUT2D eigenvalue weighted by molar-refractivity contribution is -0.113. The van der Waals surface area contributed by atoms with Gasteiger partial charge in [-0.1, -0.05) is 24.3 Å². The Balaban J connectivity index is 1.94. The third kappa shape index (κ3) is 5.08. The van der Waals surface area contributed by atoms with Crippen LogP contribution in [0, 0.1) is 0 Å². The molecule has 0 atom stereocenters. The first-order chi connectivity index (χ1) is 14.5. The van der Waals surface area contributed by atoms with E-state index >= 15 is 0 Å². The van der Waals surface area contributed by atoms with Crippen LogP contribution < -0.4 is 9.47 Å². The highest BCUT2D eigenvalue weighted by atomic mass is 16.6. The number of amides is 1. The summed E-state index contributed by atoms with van der Waals surface area (Å²) in [4.78, 5) is 27.1. The van der Waals surface area contributed by atoms with Gasteiger partial charge in [0.1, 0.15) is 11.5 Å². The lowest BCUT2D eigenvalue weighted by Gasteiger charge is -2.29. The van der Waals surface area contributed by atoms with Crippen LogP contribution in [0.3, 0.4) is 0 Å². The lowest BCUT2D eigenvalue weighted by Crippen LogP contribution is -2.41. The van der Waals surface area contributed by atoms with Crippen molar-refractivity contribution < 1.29 is 23.8 Å². The third-order valence-corrected chi connectivity index (χ3v) is 4.75. The predicted molar refractivity (Wildman–Crippen MR) is 116 cm³/mol. The predicted octanol–water partition coefficient (Wildman–Crippen LogP) is 4.21. The van der Waals surface area contributed by atoms with Gasteiger partial charge in [0.05, 0.1) is 33.9 Å². The van der Waals surface area contributed by atoms with Crippen molar-refractivity contribution in [2.45, 2.75) is 6.92 Å². The van der Waals surface area contributed by atoms with E-state index in [-0.39, 0.29) is 25.5 Å². The van der Waals surface area contributed by atoms with E-state index < -0.39 is 6.09 Å². The van der Waals surface area contributed by atoms with Crippen LogP contribution in [0.5, 0.6) is 11.5 Å². The van der Waals surface area contributed by atoms with Crippen LogP contribution in [-0.4, -0.2) is 50.7 Å². The summed E-state index contributed by atoms with van der Waals surface area (Å²) in [6.07, 6.45) is 3.16. The number of hydrogen-bond acceptors (Lipinski definition) is 5. The van der Waals surface area contributed by atoms with Crippen LogP contribution in [-0.2, 0) is 9.53 Å². The second-order valence-electron chi connectivity index (χ2n) is 6.77. The van der Waals surface area contributed by atoms with Crippen molar-refractivity contribution in [1.29, 1.82) is 0 Å². The van der Waals surface area contributed by atoms with Crippen molar-refractivity contribution in [2.75, 3.05) is 33.9 Å². The Kier molecular flexibility index (Phi) is 6.91. The minimum Gasteiger partial charge on any atom is -0.497 e. The van der Waals surface area contributed by atoms with E-state index in [1.165, 1.54) is 4.90 Å². The molecule has 0 N–H and O–H groups in total. The quantitative estimate of drug-likeness (QED) is 0.695. The molecule has 1 heterocycles. The molecule has 0 bridgehead atoms. The summed E-state index contributed by atoms with van der Waals surface area (Å²) in [5.74, 6) is 1.39. The Bertz CT molecular complexity index is 889. The van der Waals surface area contributed by atoms with Gasteiger partial charge in [0, 0.05) is 11.1 Å². The Hall–Kier alpha value is -3.54. The topological polar surface area (TPSA) is 65.1 Å². The number of nitrogens with zero attached hydrogens (tertiary/aromatic N) is 1. The molecule has 0 aliphatic carbocycles. The summed E-state index contributed by atoms with van der Waals surface area (Å²) in [6.45, 7) is 2.43. The van der Waals surface area contributed by atoms with Crippen LogP contribution >= 0.6 is 0 Å². The van der Waals surface area contributed by atoms with Crippen molar-refractivity contribution in [1.82, 2.24) is 4.90 Å². The van der Waals surface area contributed by atoms with Gasteiger partial charge in [-0.25, -0.2) is 4.79 Å². The summed E-state index contributed by atoms with van der Waals surface area (Å²) in [5.41, 5.74) is 2.76. The van der Waals surface area contributed by atoms with Crippen molar-refractivity contribution in [3.05, 3.63) is 70.8 Å². The number of likely N-dealkylation sites (tertiary alicyclic amines) is 1. The normalized spacial score (nSPS) is 16.6. The van der Waals surface area contributed by atoms with E-state index in [2.05, 4.69) is 0 Å². The summed E-state index contributed by atoms with van der Waals surface area (Å²) in [5, 5.41) is 0. The Morgan fingerprint density at radius 1 is 0.867 bits per heavy atom. The molecular weight excluding hydrogens is 382 g/mol. The van der Waals surface area contributed by atoms with Gasteiger partial charge in [0.25, 0.3) is 0 Å². The summed E-state index contributed by atoms with van der Waals surface area (Å²) in [7, 11) is 3.21. The summed E-state index contributed by atoms with van der Waals surface area (Å²) < 4.78 is 15.5. The van der Waals surface area contributed by atoms with Gasteiger partial charge < -0.3 is 14.2 Å². The average Bonchev–Trinajstić information content (AvgIpc) is 2.77. The number of piperidine rings is 1. The number of methoxy groups -OCH3 is 2. The number of rotatable bonds is 5. The smallest absolute Gasteiger partial charge is 0.410 e. The molecule has 1 amide bonds. The van der Waals surface area contributed by atoms with Crippen molar-refractivity contribution in [2.24, 2.45) is 0 Å². The van der Waals surface area contributed by atoms with Crippen LogP contribution in [0.1, 0.15) is 18.1 Å². The molecule has 2 aromatic rings. The zero-order valence-electron chi connectivity index (χ0n) is 17.4. The summed E-state index contributed by atoms with van der Waals surface area (Å²) >= 11 is 0. The van der Waals surface area contributed by atoms with Gasteiger partial charge in [-0.05, 0) is 54.5 Å². The fourth-order valence-corrected chi connectivity index (χ4v) is 3.19. The minimum atomic E-state index is -0.439. The third-order valence-electron chi connectivity index (χ3n) is 4.75. The summed E-state index contributed by atoms with van der Waals surface area (Å²) in [6, 6.07) is 14.8. The molecule has 1 fully saturated rings. The first-order valence-corrected chi connectivity index (χ1v) is 9.69.